The molecule has 1 unspecified atom stereocenters. The Hall–Kier alpha value is -3.52. The van der Waals surface area contributed by atoms with Crippen molar-refractivity contribution in [3.05, 3.63) is 47.0 Å². The number of allylic oxidation sites excluding steroid dienone is 1. The Morgan fingerprint density at radius 3 is 2.12 bits per heavy atom. The first-order chi connectivity index (χ1) is 16.3. The van der Waals surface area contributed by atoms with Crippen LogP contribution < -0.4 is 30.0 Å². The van der Waals surface area contributed by atoms with Gasteiger partial charge in [0.2, 0.25) is 11.7 Å². The predicted octanol–water partition coefficient (Wildman–Crippen LogP) is 4.46. The number of hydrogen-bond donors (Lipinski definition) is 2. The number of hydrogen-bond acceptors (Lipinski definition) is 7. The molecule has 3 N–H and O–H groups in total. The second kappa shape index (κ2) is 12.6. The van der Waals surface area contributed by atoms with Crippen LogP contribution in [0.4, 0.5) is 5.69 Å². The summed E-state index contributed by atoms with van der Waals surface area (Å²) in [5.41, 5.74) is 8.08. The van der Waals surface area contributed by atoms with Gasteiger partial charge in [-0.25, -0.2) is 0 Å². The number of unbranched alkanes of at least 4 members (excludes halogenated alkanes) is 1. The van der Waals surface area contributed by atoms with Crippen LogP contribution in [0.3, 0.4) is 0 Å². The summed E-state index contributed by atoms with van der Waals surface area (Å²) < 4.78 is 21.4. The number of carbonyl (C=O) groups excluding carboxylic acids is 2. The van der Waals surface area contributed by atoms with E-state index in [9.17, 15) is 9.59 Å². The molecule has 2 rings (SSSR count). The summed E-state index contributed by atoms with van der Waals surface area (Å²) in [5.74, 6) is 1.22. The van der Waals surface area contributed by atoms with E-state index in [2.05, 4.69) is 5.32 Å². The van der Waals surface area contributed by atoms with Crippen LogP contribution in [-0.4, -0.2) is 46.2 Å². The topological polar surface area (TPSA) is 109 Å². The Morgan fingerprint density at radius 2 is 1.59 bits per heavy atom. The first-order valence-corrected chi connectivity index (χ1v) is 11.1. The van der Waals surface area contributed by atoms with Crippen molar-refractivity contribution in [1.82, 2.24) is 0 Å². The van der Waals surface area contributed by atoms with Crippen molar-refractivity contribution in [3.8, 4) is 23.0 Å². The van der Waals surface area contributed by atoms with Gasteiger partial charge in [0.15, 0.2) is 17.3 Å². The predicted molar refractivity (Wildman–Crippen MR) is 133 cm³/mol. The highest BCUT2D eigenvalue weighted by atomic mass is 16.5. The number of anilines is 1. The standard InChI is InChI=1S/C26H34N2O6/c1-7-8-9-19(27)26(30)28-20-13-17(10-11-21(20)31-3)12-16(2)24(29)18-14-22(32-4)25(34-6)23(15-18)33-5/h10-15,19H,7-9,27H2,1-6H3,(H,28,30). The van der Waals surface area contributed by atoms with Gasteiger partial charge in [0, 0.05) is 5.56 Å². The van der Waals surface area contributed by atoms with E-state index in [1.807, 2.05) is 6.92 Å². The average molecular weight is 471 g/mol. The number of amides is 1. The zero-order valence-electron chi connectivity index (χ0n) is 20.7. The van der Waals surface area contributed by atoms with Gasteiger partial charge in [0.25, 0.3) is 0 Å². The number of carbonyl (C=O) groups is 2. The molecule has 0 aliphatic rings. The van der Waals surface area contributed by atoms with E-state index < -0.39 is 6.04 Å². The molecule has 0 saturated carbocycles. The van der Waals surface area contributed by atoms with Gasteiger partial charge >= 0.3 is 0 Å². The number of ketones is 1. The number of nitrogens with one attached hydrogen (secondary N) is 1. The zero-order chi connectivity index (χ0) is 25.3. The summed E-state index contributed by atoms with van der Waals surface area (Å²) >= 11 is 0. The van der Waals surface area contributed by atoms with E-state index >= 15 is 0 Å². The van der Waals surface area contributed by atoms with E-state index in [1.165, 1.54) is 28.4 Å². The number of rotatable bonds is 12. The maximum absolute atomic E-state index is 13.1. The lowest BCUT2D eigenvalue weighted by atomic mass is 10.0. The van der Waals surface area contributed by atoms with Crippen molar-refractivity contribution in [2.75, 3.05) is 33.8 Å². The van der Waals surface area contributed by atoms with Gasteiger partial charge in [0.1, 0.15) is 5.75 Å². The number of methoxy groups -OCH3 is 4. The summed E-state index contributed by atoms with van der Waals surface area (Å²) in [4.78, 5) is 25.6. The molecule has 0 radical (unpaired) electrons. The lowest BCUT2D eigenvalue weighted by molar-refractivity contribution is -0.117. The molecule has 0 saturated heterocycles. The Labute approximate surface area is 201 Å². The Balaban J connectivity index is 2.33. The zero-order valence-corrected chi connectivity index (χ0v) is 20.7. The second-order valence-corrected chi connectivity index (χ2v) is 7.77. The van der Waals surface area contributed by atoms with Crippen molar-refractivity contribution < 1.29 is 28.5 Å². The third-order valence-corrected chi connectivity index (χ3v) is 5.36. The lowest BCUT2D eigenvalue weighted by Crippen LogP contribution is -2.35. The largest absolute Gasteiger partial charge is 0.495 e. The minimum Gasteiger partial charge on any atom is -0.495 e. The van der Waals surface area contributed by atoms with Gasteiger partial charge in [-0.3, -0.25) is 9.59 Å². The molecular weight excluding hydrogens is 436 g/mol. The van der Waals surface area contributed by atoms with Crippen LogP contribution in [0.1, 0.15) is 49.0 Å². The van der Waals surface area contributed by atoms with Crippen molar-refractivity contribution in [2.45, 2.75) is 39.2 Å². The molecule has 0 bridgehead atoms. The van der Waals surface area contributed by atoms with E-state index in [0.29, 0.717) is 46.2 Å². The second-order valence-electron chi connectivity index (χ2n) is 7.77. The first-order valence-electron chi connectivity index (χ1n) is 11.1. The highest BCUT2D eigenvalue weighted by Gasteiger charge is 2.19. The van der Waals surface area contributed by atoms with Crippen LogP contribution >= 0.6 is 0 Å². The quantitative estimate of drug-likeness (QED) is 0.348. The lowest BCUT2D eigenvalue weighted by Gasteiger charge is -2.15. The number of ether oxygens (including phenoxy) is 4. The SMILES string of the molecule is CCCCC(N)C(=O)Nc1cc(C=C(C)C(=O)c2cc(OC)c(OC)c(OC)c2)ccc1OC. The number of benzene rings is 2. The van der Waals surface area contributed by atoms with Gasteiger partial charge in [0.05, 0.1) is 40.2 Å². The smallest absolute Gasteiger partial charge is 0.241 e. The molecule has 184 valence electrons. The summed E-state index contributed by atoms with van der Waals surface area (Å²) in [6, 6.07) is 7.90. The molecule has 0 aromatic heterocycles. The average Bonchev–Trinajstić information content (AvgIpc) is 2.85. The highest BCUT2D eigenvalue weighted by Crippen LogP contribution is 2.38. The molecule has 0 heterocycles. The minimum atomic E-state index is -0.604. The van der Waals surface area contributed by atoms with E-state index in [4.69, 9.17) is 24.7 Å². The molecule has 1 amide bonds. The fourth-order valence-corrected chi connectivity index (χ4v) is 3.45. The normalized spacial score (nSPS) is 12.0. The first kappa shape index (κ1) is 26.7. The van der Waals surface area contributed by atoms with Crippen LogP contribution in [0.25, 0.3) is 6.08 Å². The molecule has 2 aromatic rings. The number of nitrogens with two attached hydrogens (primary N) is 1. The van der Waals surface area contributed by atoms with Gasteiger partial charge in [-0.1, -0.05) is 25.8 Å². The van der Waals surface area contributed by atoms with Gasteiger partial charge in [-0.05, 0) is 54.8 Å². The van der Waals surface area contributed by atoms with Gasteiger partial charge < -0.3 is 30.0 Å². The maximum Gasteiger partial charge on any atom is 0.241 e. The minimum absolute atomic E-state index is 0.206. The van der Waals surface area contributed by atoms with Crippen LogP contribution in [-0.2, 0) is 4.79 Å². The van der Waals surface area contributed by atoms with E-state index in [0.717, 1.165) is 18.4 Å². The molecule has 0 fully saturated rings. The summed E-state index contributed by atoms with van der Waals surface area (Å²) in [7, 11) is 6.02. The number of Topliss-reactive ketones (excluding diaryl/α,β-unsaturated/α-hetero) is 1. The Morgan fingerprint density at radius 1 is 0.971 bits per heavy atom. The fraction of sp³-hybridized carbons (Fsp3) is 0.385. The van der Waals surface area contributed by atoms with Gasteiger partial charge in [-0.15, -0.1) is 0 Å². The molecule has 8 nitrogen and oxygen atoms in total. The molecule has 0 aliphatic heterocycles. The Kier molecular flexibility index (Phi) is 9.94. The van der Waals surface area contributed by atoms with Crippen molar-refractivity contribution in [1.29, 1.82) is 0 Å². The maximum atomic E-state index is 13.1. The van der Waals surface area contributed by atoms with E-state index in [-0.39, 0.29) is 11.7 Å². The van der Waals surface area contributed by atoms with Crippen LogP contribution in [0.15, 0.2) is 35.9 Å². The summed E-state index contributed by atoms with van der Waals surface area (Å²) in [6.07, 6.45) is 4.17. The molecule has 8 heteroatoms. The third-order valence-electron chi connectivity index (χ3n) is 5.36. The molecule has 0 spiro atoms. The Bertz CT molecular complexity index is 1020. The monoisotopic (exact) mass is 470 g/mol. The highest BCUT2D eigenvalue weighted by molar-refractivity contribution is 6.11. The third kappa shape index (κ3) is 6.51. The van der Waals surface area contributed by atoms with Crippen LogP contribution in [0.5, 0.6) is 23.0 Å². The van der Waals surface area contributed by atoms with Crippen molar-refractivity contribution >= 4 is 23.5 Å². The molecule has 2 aromatic carbocycles. The summed E-state index contributed by atoms with van der Waals surface area (Å²) in [5, 5.41) is 2.84. The van der Waals surface area contributed by atoms with E-state index in [1.54, 1.807) is 43.3 Å². The molecule has 1 atom stereocenters. The fourth-order valence-electron chi connectivity index (χ4n) is 3.45. The van der Waals surface area contributed by atoms with Crippen molar-refractivity contribution in [2.24, 2.45) is 5.73 Å². The van der Waals surface area contributed by atoms with Crippen molar-refractivity contribution in [3.63, 3.8) is 0 Å². The van der Waals surface area contributed by atoms with Gasteiger partial charge in [-0.2, -0.15) is 0 Å². The summed E-state index contributed by atoms with van der Waals surface area (Å²) in [6.45, 7) is 3.76. The molecular formula is C26H34N2O6. The molecule has 0 aliphatic carbocycles. The van der Waals surface area contributed by atoms with Crippen LogP contribution in [0.2, 0.25) is 0 Å². The van der Waals surface area contributed by atoms with Crippen LogP contribution in [0, 0.1) is 0 Å². The molecule has 34 heavy (non-hydrogen) atoms.